The monoisotopic (exact) mass is 463 g/mol. The molecular weight excluding hydrogens is 438 g/mol. The van der Waals surface area contributed by atoms with Gasteiger partial charge in [-0.1, -0.05) is 13.0 Å². The minimum Gasteiger partial charge on any atom is -0.370 e. The van der Waals surface area contributed by atoms with E-state index in [2.05, 4.69) is 0 Å². The van der Waals surface area contributed by atoms with Gasteiger partial charge in [-0.15, -0.1) is 0 Å². The molecule has 2 aromatic rings. The zero-order valence-corrected chi connectivity index (χ0v) is 18.8. The third-order valence-corrected chi connectivity index (χ3v) is 7.21. The summed E-state index contributed by atoms with van der Waals surface area (Å²) >= 11 is 0. The highest BCUT2D eigenvalue weighted by molar-refractivity contribution is 6.22. The number of fused-ring (bicyclic) bond motifs is 1. The summed E-state index contributed by atoms with van der Waals surface area (Å²) in [4.78, 5) is 42.9. The molecule has 1 aliphatic carbocycles. The van der Waals surface area contributed by atoms with E-state index in [1.807, 2.05) is 37.3 Å². The van der Waals surface area contributed by atoms with Gasteiger partial charge in [0.1, 0.15) is 12.2 Å². The first kappa shape index (κ1) is 21.3. The van der Waals surface area contributed by atoms with Gasteiger partial charge in [0.2, 0.25) is 6.41 Å². The lowest BCUT2D eigenvalue weighted by Crippen LogP contribution is -2.41. The summed E-state index contributed by atoms with van der Waals surface area (Å²) in [7, 11) is 0. The molecule has 3 atom stereocenters. The molecule has 0 aromatic heterocycles. The molecule has 3 heterocycles. The lowest BCUT2D eigenvalue weighted by atomic mass is 10.0. The van der Waals surface area contributed by atoms with Crippen LogP contribution in [0.15, 0.2) is 42.5 Å². The van der Waals surface area contributed by atoms with Crippen molar-refractivity contribution in [2.75, 3.05) is 36.1 Å². The fourth-order valence-electron chi connectivity index (χ4n) is 5.21. The Labute approximate surface area is 196 Å². The van der Waals surface area contributed by atoms with E-state index < -0.39 is 18.1 Å². The highest BCUT2D eigenvalue weighted by atomic mass is 16.7. The van der Waals surface area contributed by atoms with Crippen LogP contribution in [-0.4, -0.2) is 72.1 Å². The molecule has 6 rings (SSSR count). The number of rotatable bonds is 4. The molecule has 2 unspecified atom stereocenters. The van der Waals surface area contributed by atoms with E-state index in [0.29, 0.717) is 37.2 Å². The maximum absolute atomic E-state index is 13.1. The number of aliphatic hydroxyl groups excluding tert-OH is 1. The first-order valence-corrected chi connectivity index (χ1v) is 11.5. The number of anilines is 2. The Hall–Kier alpha value is -3.27. The average Bonchev–Trinajstić information content (AvgIpc) is 3.33. The van der Waals surface area contributed by atoms with Gasteiger partial charge in [0.15, 0.2) is 0 Å². The van der Waals surface area contributed by atoms with E-state index in [0.717, 1.165) is 23.4 Å². The number of ether oxygens (including phenoxy) is 2. The van der Waals surface area contributed by atoms with Crippen molar-refractivity contribution in [3.8, 4) is 0 Å². The van der Waals surface area contributed by atoms with Crippen LogP contribution in [-0.2, 0) is 20.7 Å². The Morgan fingerprint density at radius 1 is 1.03 bits per heavy atom. The molecule has 9 nitrogen and oxygen atoms in total. The van der Waals surface area contributed by atoms with Crippen LogP contribution >= 0.6 is 0 Å². The number of amides is 3. The molecule has 3 fully saturated rings. The number of morpholine rings is 1. The van der Waals surface area contributed by atoms with Crippen molar-refractivity contribution in [3.63, 3.8) is 0 Å². The quantitative estimate of drug-likeness (QED) is 0.687. The van der Waals surface area contributed by atoms with Crippen LogP contribution in [0.4, 0.5) is 11.4 Å². The van der Waals surface area contributed by atoms with Crippen LogP contribution in [0.5, 0.6) is 0 Å². The van der Waals surface area contributed by atoms with E-state index in [4.69, 9.17) is 9.47 Å². The van der Waals surface area contributed by atoms with Crippen molar-refractivity contribution in [2.24, 2.45) is 0 Å². The third kappa shape index (κ3) is 3.15. The van der Waals surface area contributed by atoms with Crippen LogP contribution in [0.25, 0.3) is 0 Å². The molecule has 0 bridgehead atoms. The second kappa shape index (κ2) is 7.63. The number of imide groups is 1. The lowest BCUT2D eigenvalue weighted by Gasteiger charge is -2.27. The Kier molecular flexibility index (Phi) is 4.77. The van der Waals surface area contributed by atoms with Gasteiger partial charge in [0.25, 0.3) is 17.7 Å². The standard InChI is InChI=1S/C25H25N3O6/c1-2-15-3-8-18-19(11-15)23(31)28(22(18)30)20-12-25(20)14-27(24(32)34-25)17-6-4-16(5-7-17)26-9-10-33-13-21(26)29/h3-8,11,20,24,32H,2,9-10,12-14H2,1H3/t20-,24?,25?/m0/s1. The van der Waals surface area contributed by atoms with E-state index in [-0.39, 0.29) is 24.3 Å². The van der Waals surface area contributed by atoms with Crippen LogP contribution in [0, 0.1) is 0 Å². The minimum atomic E-state index is -1.19. The molecule has 1 saturated carbocycles. The fourth-order valence-corrected chi connectivity index (χ4v) is 5.21. The van der Waals surface area contributed by atoms with Gasteiger partial charge in [0.05, 0.1) is 30.3 Å². The summed E-state index contributed by atoms with van der Waals surface area (Å²) in [5.41, 5.74) is 2.58. The van der Waals surface area contributed by atoms with E-state index in [1.165, 1.54) is 4.90 Å². The van der Waals surface area contributed by atoms with Crippen LogP contribution in [0.3, 0.4) is 0 Å². The van der Waals surface area contributed by atoms with Crippen molar-refractivity contribution in [2.45, 2.75) is 37.8 Å². The molecule has 3 amide bonds. The molecule has 2 saturated heterocycles. The topological polar surface area (TPSA) is 99.6 Å². The van der Waals surface area contributed by atoms with E-state index in [9.17, 15) is 19.5 Å². The fraction of sp³-hybridized carbons (Fsp3) is 0.400. The van der Waals surface area contributed by atoms with Gasteiger partial charge in [-0.2, -0.15) is 0 Å². The SMILES string of the molecule is CCc1ccc2c(c1)C(=O)N([C@H]1CC13CN(c1ccc(N4CCOCC4=O)cc1)C(O)O3)C2=O. The number of nitrogens with zero attached hydrogens (tertiary/aromatic N) is 3. The molecule has 176 valence electrons. The second-order valence-electron chi connectivity index (χ2n) is 9.18. The third-order valence-electron chi connectivity index (χ3n) is 7.21. The number of benzene rings is 2. The zero-order chi connectivity index (χ0) is 23.6. The van der Waals surface area contributed by atoms with E-state index in [1.54, 1.807) is 21.9 Å². The number of hydrogen-bond acceptors (Lipinski definition) is 7. The van der Waals surface area contributed by atoms with Gasteiger partial charge in [0, 0.05) is 24.3 Å². The summed E-state index contributed by atoms with van der Waals surface area (Å²) in [6.07, 6.45) is 0.0699. The summed E-state index contributed by atoms with van der Waals surface area (Å²) in [6.45, 7) is 3.42. The molecule has 34 heavy (non-hydrogen) atoms. The predicted octanol–water partition coefficient (Wildman–Crippen LogP) is 1.53. The summed E-state index contributed by atoms with van der Waals surface area (Å²) in [5.74, 6) is -0.691. The van der Waals surface area contributed by atoms with E-state index >= 15 is 0 Å². The summed E-state index contributed by atoms with van der Waals surface area (Å²) in [6, 6.07) is 12.3. The van der Waals surface area contributed by atoms with Gasteiger partial charge in [-0.05, 0) is 48.4 Å². The largest absolute Gasteiger partial charge is 0.370 e. The first-order chi connectivity index (χ1) is 16.4. The summed E-state index contributed by atoms with van der Waals surface area (Å²) in [5, 5.41) is 10.6. The maximum atomic E-state index is 13.1. The maximum Gasteiger partial charge on any atom is 0.261 e. The Morgan fingerprint density at radius 2 is 1.76 bits per heavy atom. The number of carbonyl (C=O) groups is 3. The second-order valence-corrected chi connectivity index (χ2v) is 9.18. The smallest absolute Gasteiger partial charge is 0.261 e. The number of carbonyl (C=O) groups excluding carboxylic acids is 3. The van der Waals surface area contributed by atoms with Crippen molar-refractivity contribution in [1.82, 2.24) is 4.90 Å². The van der Waals surface area contributed by atoms with Crippen molar-refractivity contribution >= 4 is 29.1 Å². The van der Waals surface area contributed by atoms with Gasteiger partial charge >= 0.3 is 0 Å². The summed E-state index contributed by atoms with van der Waals surface area (Å²) < 4.78 is 11.1. The van der Waals surface area contributed by atoms with Gasteiger partial charge in [-0.3, -0.25) is 19.3 Å². The van der Waals surface area contributed by atoms with Crippen molar-refractivity contribution in [1.29, 1.82) is 0 Å². The molecule has 1 N–H and O–H groups in total. The first-order valence-electron chi connectivity index (χ1n) is 11.5. The number of hydrogen-bond donors (Lipinski definition) is 1. The van der Waals surface area contributed by atoms with Gasteiger partial charge < -0.3 is 24.4 Å². The van der Waals surface area contributed by atoms with Crippen LogP contribution < -0.4 is 9.80 Å². The number of aliphatic hydroxyl groups is 1. The van der Waals surface area contributed by atoms with Crippen molar-refractivity contribution in [3.05, 3.63) is 59.2 Å². The minimum absolute atomic E-state index is 0.0713. The molecule has 3 aliphatic heterocycles. The van der Waals surface area contributed by atoms with Crippen LogP contribution in [0.2, 0.25) is 0 Å². The Balaban J connectivity index is 1.19. The van der Waals surface area contributed by atoms with Crippen molar-refractivity contribution < 1.29 is 29.0 Å². The normalized spacial score (nSPS) is 28.3. The molecule has 4 aliphatic rings. The molecule has 1 spiro atoms. The van der Waals surface area contributed by atoms with Gasteiger partial charge in [-0.25, -0.2) is 0 Å². The Bertz CT molecular complexity index is 1200. The molecule has 2 aromatic carbocycles. The average molecular weight is 463 g/mol. The zero-order valence-electron chi connectivity index (χ0n) is 18.8. The highest BCUT2D eigenvalue weighted by Gasteiger charge is 2.67. The van der Waals surface area contributed by atoms with Crippen LogP contribution in [0.1, 0.15) is 39.6 Å². The number of aryl methyl sites for hydroxylation is 1. The molecule has 0 radical (unpaired) electrons. The molecular formula is C25H25N3O6. The Morgan fingerprint density at radius 3 is 2.50 bits per heavy atom. The highest BCUT2D eigenvalue weighted by Crippen LogP contribution is 2.51. The lowest BCUT2D eigenvalue weighted by molar-refractivity contribution is -0.125. The predicted molar refractivity (Wildman–Crippen MR) is 122 cm³/mol. The molecule has 9 heteroatoms.